The molecule has 0 unspecified atom stereocenters. The fourth-order valence-corrected chi connectivity index (χ4v) is 1.47. The van der Waals surface area contributed by atoms with E-state index in [0.29, 0.717) is 13.1 Å². The van der Waals surface area contributed by atoms with Crippen molar-refractivity contribution in [3.63, 3.8) is 0 Å². The van der Waals surface area contributed by atoms with Crippen molar-refractivity contribution in [2.45, 2.75) is 13.1 Å². The second-order valence-corrected chi connectivity index (χ2v) is 3.44. The van der Waals surface area contributed by atoms with Crippen molar-refractivity contribution in [2.75, 3.05) is 0 Å². The highest BCUT2D eigenvalue weighted by molar-refractivity contribution is 5.54. The fraction of sp³-hybridized carbons (Fsp3) is 0.167. The largest absolute Gasteiger partial charge is 0.325 e. The van der Waals surface area contributed by atoms with Gasteiger partial charge in [-0.15, -0.1) is 0 Å². The van der Waals surface area contributed by atoms with Crippen molar-refractivity contribution < 1.29 is 0 Å². The number of aromatic nitrogens is 2. The van der Waals surface area contributed by atoms with Gasteiger partial charge in [0.05, 0.1) is 22.8 Å². The minimum absolute atomic E-state index is 0.435. The number of pyridine rings is 2. The third kappa shape index (κ3) is 2.24. The second-order valence-electron chi connectivity index (χ2n) is 3.44. The van der Waals surface area contributed by atoms with Crippen LogP contribution in [0, 0.1) is 0 Å². The molecule has 4 heteroatoms. The molecule has 2 rings (SSSR count). The maximum atomic E-state index is 5.55. The van der Waals surface area contributed by atoms with E-state index in [4.69, 9.17) is 11.5 Å². The number of nitrogens with zero attached hydrogens (tertiary/aromatic N) is 2. The molecule has 4 N–H and O–H groups in total. The summed E-state index contributed by atoms with van der Waals surface area (Å²) in [6.45, 7) is 0.870. The molecule has 0 aliphatic carbocycles. The minimum Gasteiger partial charge on any atom is -0.325 e. The molecule has 0 bridgehead atoms. The Labute approximate surface area is 94.3 Å². The summed E-state index contributed by atoms with van der Waals surface area (Å²) < 4.78 is 0. The summed E-state index contributed by atoms with van der Waals surface area (Å²) in [5.41, 5.74) is 14.5. The molecule has 16 heavy (non-hydrogen) atoms. The maximum Gasteiger partial charge on any atom is 0.0890 e. The van der Waals surface area contributed by atoms with Crippen molar-refractivity contribution in [3.05, 3.63) is 47.8 Å². The van der Waals surface area contributed by atoms with Gasteiger partial charge in [0.1, 0.15) is 0 Å². The van der Waals surface area contributed by atoms with Crippen LogP contribution < -0.4 is 11.5 Å². The van der Waals surface area contributed by atoms with E-state index in [0.717, 1.165) is 22.8 Å². The van der Waals surface area contributed by atoms with Crippen LogP contribution >= 0.6 is 0 Å². The Morgan fingerprint density at radius 1 is 0.750 bits per heavy atom. The number of rotatable bonds is 3. The first-order valence-electron chi connectivity index (χ1n) is 5.16. The van der Waals surface area contributed by atoms with E-state index in [9.17, 15) is 0 Å². The molecule has 0 amide bonds. The highest BCUT2D eigenvalue weighted by atomic mass is 14.8. The molecule has 0 radical (unpaired) electrons. The molecular weight excluding hydrogens is 200 g/mol. The van der Waals surface area contributed by atoms with Gasteiger partial charge >= 0.3 is 0 Å². The first kappa shape index (κ1) is 10.7. The lowest BCUT2D eigenvalue weighted by atomic mass is 10.2. The summed E-state index contributed by atoms with van der Waals surface area (Å²) in [5, 5.41) is 0. The molecule has 0 saturated heterocycles. The average Bonchev–Trinajstić information content (AvgIpc) is 2.39. The van der Waals surface area contributed by atoms with Crippen molar-refractivity contribution in [1.29, 1.82) is 0 Å². The lowest BCUT2D eigenvalue weighted by Crippen LogP contribution is -2.02. The Balaban J connectivity index is 2.41. The number of hydrogen-bond acceptors (Lipinski definition) is 4. The fourth-order valence-electron chi connectivity index (χ4n) is 1.47. The Kier molecular flexibility index (Phi) is 3.24. The van der Waals surface area contributed by atoms with E-state index < -0.39 is 0 Å². The Bertz CT molecular complexity index is 436. The van der Waals surface area contributed by atoms with Crippen LogP contribution in [0.1, 0.15) is 11.4 Å². The molecule has 0 spiro atoms. The van der Waals surface area contributed by atoms with Crippen LogP contribution in [0.4, 0.5) is 0 Å². The molecule has 0 aliphatic heterocycles. The summed E-state index contributed by atoms with van der Waals surface area (Å²) in [7, 11) is 0. The lowest BCUT2D eigenvalue weighted by molar-refractivity contribution is 0.973. The van der Waals surface area contributed by atoms with Gasteiger partial charge in [0.15, 0.2) is 0 Å². The molecule has 4 nitrogen and oxygen atoms in total. The third-order valence-corrected chi connectivity index (χ3v) is 2.29. The lowest BCUT2D eigenvalue weighted by Gasteiger charge is -2.03. The highest BCUT2D eigenvalue weighted by Gasteiger charge is 2.02. The van der Waals surface area contributed by atoms with Crippen molar-refractivity contribution in [1.82, 2.24) is 9.97 Å². The zero-order chi connectivity index (χ0) is 11.4. The minimum atomic E-state index is 0.435. The summed E-state index contributed by atoms with van der Waals surface area (Å²) in [5.74, 6) is 0. The molecule has 2 heterocycles. The molecule has 2 aromatic rings. The Morgan fingerprint density at radius 3 is 1.56 bits per heavy atom. The van der Waals surface area contributed by atoms with E-state index in [1.165, 1.54) is 0 Å². The van der Waals surface area contributed by atoms with E-state index >= 15 is 0 Å². The number of nitrogens with two attached hydrogens (primary N) is 2. The Hall–Kier alpha value is -1.78. The molecule has 0 fully saturated rings. The Morgan fingerprint density at radius 2 is 1.19 bits per heavy atom. The average molecular weight is 214 g/mol. The second kappa shape index (κ2) is 4.83. The van der Waals surface area contributed by atoms with Crippen LogP contribution in [0.15, 0.2) is 36.4 Å². The van der Waals surface area contributed by atoms with Gasteiger partial charge < -0.3 is 11.5 Å². The molecule has 2 aromatic heterocycles. The van der Waals surface area contributed by atoms with Gasteiger partial charge in [-0.1, -0.05) is 12.1 Å². The van der Waals surface area contributed by atoms with Gasteiger partial charge in [0.25, 0.3) is 0 Å². The smallest absolute Gasteiger partial charge is 0.0890 e. The van der Waals surface area contributed by atoms with Crippen molar-refractivity contribution in [3.8, 4) is 11.4 Å². The molecule has 0 saturated carbocycles. The SMILES string of the molecule is NCc1cccc(-c2cccc(CN)n2)n1. The molecule has 0 aromatic carbocycles. The molecule has 0 atom stereocenters. The van der Waals surface area contributed by atoms with Gasteiger partial charge in [-0.25, -0.2) is 9.97 Å². The van der Waals surface area contributed by atoms with Crippen molar-refractivity contribution >= 4 is 0 Å². The van der Waals surface area contributed by atoms with E-state index in [1.807, 2.05) is 36.4 Å². The van der Waals surface area contributed by atoms with Gasteiger partial charge in [0, 0.05) is 13.1 Å². The topological polar surface area (TPSA) is 77.8 Å². The predicted octanol–water partition coefficient (Wildman–Crippen LogP) is 1.06. The van der Waals surface area contributed by atoms with E-state index in [1.54, 1.807) is 0 Å². The third-order valence-electron chi connectivity index (χ3n) is 2.29. The summed E-state index contributed by atoms with van der Waals surface area (Å²) in [6.07, 6.45) is 0. The van der Waals surface area contributed by atoms with E-state index in [-0.39, 0.29) is 0 Å². The molecular formula is C12H14N4. The first-order valence-corrected chi connectivity index (χ1v) is 5.16. The van der Waals surface area contributed by atoms with E-state index in [2.05, 4.69) is 9.97 Å². The quantitative estimate of drug-likeness (QED) is 0.800. The van der Waals surface area contributed by atoms with Gasteiger partial charge in [-0.05, 0) is 24.3 Å². The van der Waals surface area contributed by atoms with Gasteiger partial charge in [-0.2, -0.15) is 0 Å². The molecule has 82 valence electrons. The van der Waals surface area contributed by atoms with Crippen LogP contribution in [0.25, 0.3) is 11.4 Å². The zero-order valence-electron chi connectivity index (χ0n) is 8.93. The monoisotopic (exact) mass is 214 g/mol. The van der Waals surface area contributed by atoms with Crippen LogP contribution in [0.2, 0.25) is 0 Å². The molecule has 0 aliphatic rings. The first-order chi connectivity index (χ1) is 7.83. The zero-order valence-corrected chi connectivity index (χ0v) is 8.93. The highest BCUT2D eigenvalue weighted by Crippen LogP contribution is 2.14. The van der Waals surface area contributed by atoms with Crippen LogP contribution in [0.5, 0.6) is 0 Å². The predicted molar refractivity (Wildman–Crippen MR) is 63.3 cm³/mol. The van der Waals surface area contributed by atoms with Crippen molar-refractivity contribution in [2.24, 2.45) is 11.5 Å². The van der Waals surface area contributed by atoms with Crippen LogP contribution in [-0.2, 0) is 13.1 Å². The maximum absolute atomic E-state index is 5.55. The van der Waals surface area contributed by atoms with Crippen LogP contribution in [0.3, 0.4) is 0 Å². The standard InChI is InChI=1S/C12H14N4/c13-7-9-3-1-5-11(15-9)12-6-2-4-10(8-14)16-12/h1-6H,7-8,13-14H2. The van der Waals surface area contributed by atoms with Gasteiger partial charge in [-0.3, -0.25) is 0 Å². The normalized spacial score (nSPS) is 10.4. The van der Waals surface area contributed by atoms with Crippen LogP contribution in [-0.4, -0.2) is 9.97 Å². The summed E-state index contributed by atoms with van der Waals surface area (Å²) >= 11 is 0. The van der Waals surface area contributed by atoms with Gasteiger partial charge in [0.2, 0.25) is 0 Å². The summed E-state index contributed by atoms with van der Waals surface area (Å²) in [4.78, 5) is 8.82. The number of hydrogen-bond donors (Lipinski definition) is 2. The summed E-state index contributed by atoms with van der Waals surface area (Å²) in [6, 6.07) is 11.5.